The molecule has 1 aromatic rings. The van der Waals surface area contributed by atoms with Gasteiger partial charge in [0.25, 0.3) is 11.8 Å². The molecule has 2 N–H and O–H groups in total. The van der Waals surface area contributed by atoms with Crippen LogP contribution in [0, 0.1) is 5.92 Å². The lowest BCUT2D eigenvalue weighted by atomic mass is 10.1. The number of amides is 5. The van der Waals surface area contributed by atoms with Crippen molar-refractivity contribution in [2.45, 2.75) is 20.3 Å². The second-order valence-corrected chi connectivity index (χ2v) is 6.81. The standard InChI is InChI=1S/C16H17Cl2N3O4/c1-8(2)3-4-19-16(25)20-13(22)7-21-14(23)9-5-11(17)12(18)6-10(9)15(21)24/h5-6,8H,3-4,7H2,1-2H3,(H2,19,20,22,25). The summed E-state index contributed by atoms with van der Waals surface area (Å²) in [4.78, 5) is 48.8. The maximum absolute atomic E-state index is 12.3. The van der Waals surface area contributed by atoms with E-state index >= 15 is 0 Å². The number of carbonyl (C=O) groups excluding carboxylic acids is 4. The van der Waals surface area contributed by atoms with Gasteiger partial charge in [-0.1, -0.05) is 37.0 Å². The molecule has 0 saturated carbocycles. The second-order valence-electron chi connectivity index (χ2n) is 5.99. The van der Waals surface area contributed by atoms with Gasteiger partial charge in [0.2, 0.25) is 5.91 Å². The first kappa shape index (κ1) is 19.2. The Morgan fingerprint density at radius 1 is 1.08 bits per heavy atom. The van der Waals surface area contributed by atoms with Crippen LogP contribution in [0.15, 0.2) is 12.1 Å². The zero-order chi connectivity index (χ0) is 18.7. The number of urea groups is 1. The number of imide groups is 2. The molecule has 0 aromatic heterocycles. The molecular weight excluding hydrogens is 369 g/mol. The largest absolute Gasteiger partial charge is 0.338 e. The Balaban J connectivity index is 1.97. The van der Waals surface area contributed by atoms with Crippen molar-refractivity contribution in [3.05, 3.63) is 33.3 Å². The van der Waals surface area contributed by atoms with E-state index in [0.29, 0.717) is 12.5 Å². The molecule has 0 unspecified atom stereocenters. The minimum absolute atomic E-state index is 0.0774. The van der Waals surface area contributed by atoms with Crippen LogP contribution >= 0.6 is 23.2 Å². The minimum atomic E-state index is -0.770. The Bertz CT molecular complexity index is 708. The molecule has 0 radical (unpaired) electrons. The highest BCUT2D eigenvalue weighted by Gasteiger charge is 2.37. The van der Waals surface area contributed by atoms with E-state index in [0.717, 1.165) is 11.3 Å². The predicted molar refractivity (Wildman–Crippen MR) is 92.8 cm³/mol. The van der Waals surface area contributed by atoms with Crippen LogP contribution in [0.4, 0.5) is 4.79 Å². The van der Waals surface area contributed by atoms with Gasteiger partial charge in [0.05, 0.1) is 21.2 Å². The van der Waals surface area contributed by atoms with Crippen LogP contribution in [-0.4, -0.2) is 41.7 Å². The van der Waals surface area contributed by atoms with Crippen molar-refractivity contribution in [1.29, 1.82) is 0 Å². The van der Waals surface area contributed by atoms with E-state index in [1.165, 1.54) is 12.1 Å². The van der Waals surface area contributed by atoms with E-state index in [4.69, 9.17) is 23.2 Å². The molecule has 1 aliphatic heterocycles. The maximum atomic E-state index is 12.3. The summed E-state index contributed by atoms with van der Waals surface area (Å²) in [6.45, 7) is 3.86. The van der Waals surface area contributed by atoms with Gasteiger partial charge in [-0.2, -0.15) is 0 Å². The van der Waals surface area contributed by atoms with Crippen molar-refractivity contribution >= 4 is 47.0 Å². The third-order valence-electron chi connectivity index (χ3n) is 3.57. The van der Waals surface area contributed by atoms with Gasteiger partial charge in [-0.15, -0.1) is 0 Å². The number of nitrogens with zero attached hydrogens (tertiary/aromatic N) is 1. The van der Waals surface area contributed by atoms with Gasteiger partial charge in [0, 0.05) is 6.54 Å². The topological polar surface area (TPSA) is 95.6 Å². The molecule has 5 amide bonds. The van der Waals surface area contributed by atoms with Crippen molar-refractivity contribution in [3.63, 3.8) is 0 Å². The monoisotopic (exact) mass is 385 g/mol. The number of fused-ring (bicyclic) bond motifs is 1. The number of halogens is 2. The molecule has 1 aliphatic rings. The summed E-state index contributed by atoms with van der Waals surface area (Å²) in [5.41, 5.74) is 0.155. The fraction of sp³-hybridized carbons (Fsp3) is 0.375. The quantitative estimate of drug-likeness (QED) is 0.760. The third-order valence-corrected chi connectivity index (χ3v) is 4.30. The van der Waals surface area contributed by atoms with Gasteiger partial charge in [-0.05, 0) is 24.5 Å². The van der Waals surface area contributed by atoms with Crippen LogP contribution in [0.25, 0.3) is 0 Å². The molecule has 1 heterocycles. The Labute approximate surface area is 154 Å². The molecule has 2 rings (SSSR count). The second kappa shape index (κ2) is 7.84. The first-order valence-corrected chi connectivity index (χ1v) is 8.39. The highest BCUT2D eigenvalue weighted by Crippen LogP contribution is 2.31. The zero-order valence-electron chi connectivity index (χ0n) is 13.7. The Kier molecular flexibility index (Phi) is 6.02. The van der Waals surface area contributed by atoms with Gasteiger partial charge in [0.15, 0.2) is 0 Å². The average molecular weight is 386 g/mol. The summed E-state index contributed by atoms with van der Waals surface area (Å²) in [6, 6.07) is 1.90. The average Bonchev–Trinajstić information content (AvgIpc) is 2.72. The Hall–Kier alpha value is -2.12. The highest BCUT2D eigenvalue weighted by molar-refractivity contribution is 6.43. The van der Waals surface area contributed by atoms with Crippen LogP contribution in [0.1, 0.15) is 41.0 Å². The van der Waals surface area contributed by atoms with Crippen LogP contribution in [0.3, 0.4) is 0 Å². The van der Waals surface area contributed by atoms with Crippen LogP contribution < -0.4 is 10.6 Å². The van der Waals surface area contributed by atoms with Gasteiger partial charge < -0.3 is 5.32 Å². The molecule has 134 valence electrons. The van der Waals surface area contributed by atoms with E-state index in [9.17, 15) is 19.2 Å². The van der Waals surface area contributed by atoms with Crippen molar-refractivity contribution in [2.24, 2.45) is 5.92 Å². The molecule has 0 fully saturated rings. The normalized spacial score (nSPS) is 13.2. The number of hydrogen-bond donors (Lipinski definition) is 2. The Morgan fingerprint density at radius 3 is 2.08 bits per heavy atom. The summed E-state index contributed by atoms with van der Waals surface area (Å²) >= 11 is 11.7. The maximum Gasteiger partial charge on any atom is 0.321 e. The molecule has 0 aliphatic carbocycles. The van der Waals surface area contributed by atoms with E-state index < -0.39 is 30.3 Å². The molecule has 25 heavy (non-hydrogen) atoms. The third kappa shape index (κ3) is 4.49. The van der Waals surface area contributed by atoms with E-state index in [2.05, 4.69) is 10.6 Å². The summed E-state index contributed by atoms with van der Waals surface area (Å²) in [7, 11) is 0. The summed E-state index contributed by atoms with van der Waals surface area (Å²) in [5.74, 6) is -1.68. The lowest BCUT2D eigenvalue weighted by Gasteiger charge is -2.13. The SMILES string of the molecule is CC(C)CCNC(=O)NC(=O)CN1C(=O)c2cc(Cl)c(Cl)cc2C1=O. The molecule has 0 atom stereocenters. The number of carbonyl (C=O) groups is 4. The fourth-order valence-electron chi connectivity index (χ4n) is 2.26. The first-order chi connectivity index (χ1) is 11.7. The summed E-state index contributed by atoms with van der Waals surface area (Å²) in [6.07, 6.45) is 0.765. The molecule has 9 heteroatoms. The smallest absolute Gasteiger partial charge is 0.321 e. The molecule has 0 saturated heterocycles. The number of rotatable bonds is 5. The first-order valence-electron chi connectivity index (χ1n) is 7.63. The summed E-state index contributed by atoms with van der Waals surface area (Å²) < 4.78 is 0. The van der Waals surface area contributed by atoms with Gasteiger partial charge in [-0.3, -0.25) is 24.6 Å². The van der Waals surface area contributed by atoms with Crippen LogP contribution in [-0.2, 0) is 4.79 Å². The number of hydrogen-bond acceptors (Lipinski definition) is 4. The minimum Gasteiger partial charge on any atom is -0.338 e. The molecule has 1 aromatic carbocycles. The van der Waals surface area contributed by atoms with E-state index in [1.807, 2.05) is 13.8 Å². The molecular formula is C16H17Cl2N3O4. The van der Waals surface area contributed by atoms with Crippen LogP contribution in [0.2, 0.25) is 10.0 Å². The summed E-state index contributed by atoms with van der Waals surface area (Å²) in [5, 5.41) is 4.89. The molecule has 0 spiro atoms. The predicted octanol–water partition coefficient (Wildman–Crippen LogP) is 2.46. The zero-order valence-corrected chi connectivity index (χ0v) is 15.2. The van der Waals surface area contributed by atoms with Crippen molar-refractivity contribution in [1.82, 2.24) is 15.5 Å². The van der Waals surface area contributed by atoms with E-state index in [-0.39, 0.29) is 21.2 Å². The fourth-order valence-corrected chi connectivity index (χ4v) is 2.58. The molecule has 0 bridgehead atoms. The van der Waals surface area contributed by atoms with Crippen molar-refractivity contribution in [3.8, 4) is 0 Å². The highest BCUT2D eigenvalue weighted by atomic mass is 35.5. The molecule has 7 nitrogen and oxygen atoms in total. The lowest BCUT2D eigenvalue weighted by Crippen LogP contribution is -2.46. The van der Waals surface area contributed by atoms with Gasteiger partial charge in [0.1, 0.15) is 6.54 Å². The van der Waals surface area contributed by atoms with Gasteiger partial charge >= 0.3 is 6.03 Å². The number of benzene rings is 1. The lowest BCUT2D eigenvalue weighted by molar-refractivity contribution is -0.120. The van der Waals surface area contributed by atoms with Crippen LogP contribution in [0.5, 0.6) is 0 Å². The number of nitrogens with one attached hydrogen (secondary N) is 2. The Morgan fingerprint density at radius 2 is 1.60 bits per heavy atom. The van der Waals surface area contributed by atoms with E-state index in [1.54, 1.807) is 0 Å². The van der Waals surface area contributed by atoms with Crippen molar-refractivity contribution < 1.29 is 19.2 Å². The van der Waals surface area contributed by atoms with Gasteiger partial charge in [-0.25, -0.2) is 4.79 Å². The van der Waals surface area contributed by atoms with Crippen molar-refractivity contribution in [2.75, 3.05) is 13.1 Å².